The number of nitrogens with one attached hydrogen (secondary N) is 1. The van der Waals surface area contributed by atoms with Crippen LogP contribution in [0.1, 0.15) is 49.5 Å². The highest BCUT2D eigenvalue weighted by Gasteiger charge is 2.22. The fraction of sp³-hybridized carbons (Fsp3) is 0.333. The fourth-order valence-corrected chi connectivity index (χ4v) is 3.01. The Kier molecular flexibility index (Phi) is 4.72. The summed E-state index contributed by atoms with van der Waals surface area (Å²) in [5.41, 5.74) is 2.61. The van der Waals surface area contributed by atoms with Gasteiger partial charge in [-0.25, -0.2) is 0 Å². The molecule has 5 heteroatoms. The Morgan fingerprint density at radius 2 is 1.81 bits per heavy atom. The van der Waals surface area contributed by atoms with Crippen LogP contribution in [0.3, 0.4) is 0 Å². The zero-order chi connectivity index (χ0) is 18.9. The van der Waals surface area contributed by atoms with Gasteiger partial charge in [0.1, 0.15) is 5.75 Å². The van der Waals surface area contributed by atoms with E-state index in [-0.39, 0.29) is 23.0 Å². The van der Waals surface area contributed by atoms with Crippen LogP contribution in [0.2, 0.25) is 0 Å². The topological polar surface area (TPSA) is 69.6 Å². The molecule has 0 spiro atoms. The van der Waals surface area contributed by atoms with Gasteiger partial charge in [-0.2, -0.15) is 0 Å². The number of carbonyl (C=O) groups is 2. The summed E-state index contributed by atoms with van der Waals surface area (Å²) in [4.78, 5) is 26.1. The minimum atomic E-state index is -0.300. The van der Waals surface area contributed by atoms with Gasteiger partial charge >= 0.3 is 0 Å². The van der Waals surface area contributed by atoms with Crippen LogP contribution in [0, 0.1) is 0 Å². The minimum Gasteiger partial charge on any atom is -0.506 e. The molecule has 2 N–H and O–H groups in total. The van der Waals surface area contributed by atoms with E-state index < -0.39 is 0 Å². The summed E-state index contributed by atoms with van der Waals surface area (Å²) in [6, 6.07) is 12.2. The van der Waals surface area contributed by atoms with Crippen molar-refractivity contribution in [2.45, 2.75) is 39.0 Å². The number of benzene rings is 2. The van der Waals surface area contributed by atoms with Crippen molar-refractivity contribution in [3.8, 4) is 5.75 Å². The molecule has 0 radical (unpaired) electrons. The number of aromatic hydroxyl groups is 1. The molecule has 1 heterocycles. The Morgan fingerprint density at radius 1 is 1.12 bits per heavy atom. The number of phenols is 1. The molecule has 0 aliphatic carbocycles. The first-order valence-corrected chi connectivity index (χ1v) is 8.81. The monoisotopic (exact) mass is 352 g/mol. The molecule has 1 aliphatic heterocycles. The maximum absolute atomic E-state index is 12.5. The number of rotatable bonds is 3. The van der Waals surface area contributed by atoms with E-state index in [4.69, 9.17) is 0 Å². The highest BCUT2D eigenvalue weighted by molar-refractivity contribution is 6.05. The normalized spacial score (nSPS) is 14.6. The fourth-order valence-electron chi connectivity index (χ4n) is 3.01. The van der Waals surface area contributed by atoms with Gasteiger partial charge in [0.25, 0.3) is 5.91 Å². The molecule has 2 aromatic rings. The SMILES string of the molecule is CC(C)(C)c1ccc(O)c(NC(=O)c2ccc(N3CCCC3=O)cc2)c1. The highest BCUT2D eigenvalue weighted by atomic mass is 16.3. The largest absolute Gasteiger partial charge is 0.506 e. The van der Waals surface area contributed by atoms with Crippen molar-refractivity contribution in [2.24, 2.45) is 0 Å². The molecular formula is C21H24N2O3. The molecule has 1 fully saturated rings. The van der Waals surface area contributed by atoms with E-state index in [1.54, 1.807) is 41.3 Å². The van der Waals surface area contributed by atoms with Crippen LogP contribution in [0.4, 0.5) is 11.4 Å². The van der Waals surface area contributed by atoms with Crippen molar-refractivity contribution >= 4 is 23.2 Å². The molecule has 0 aromatic heterocycles. The summed E-state index contributed by atoms with van der Waals surface area (Å²) in [7, 11) is 0. The van der Waals surface area contributed by atoms with E-state index in [9.17, 15) is 14.7 Å². The van der Waals surface area contributed by atoms with Gasteiger partial charge in [0.2, 0.25) is 5.91 Å². The van der Waals surface area contributed by atoms with Gasteiger partial charge in [0.05, 0.1) is 5.69 Å². The summed E-state index contributed by atoms with van der Waals surface area (Å²) >= 11 is 0. The molecule has 5 nitrogen and oxygen atoms in total. The van der Waals surface area contributed by atoms with Gasteiger partial charge < -0.3 is 15.3 Å². The number of nitrogens with zero attached hydrogens (tertiary/aromatic N) is 1. The lowest BCUT2D eigenvalue weighted by Gasteiger charge is -2.20. The second kappa shape index (κ2) is 6.83. The second-order valence-electron chi connectivity index (χ2n) is 7.63. The first-order chi connectivity index (χ1) is 12.3. The summed E-state index contributed by atoms with van der Waals surface area (Å²) in [5, 5.41) is 12.8. The average Bonchev–Trinajstić information content (AvgIpc) is 3.02. The third-order valence-corrected chi connectivity index (χ3v) is 4.63. The zero-order valence-electron chi connectivity index (χ0n) is 15.4. The Bertz CT molecular complexity index is 835. The lowest BCUT2D eigenvalue weighted by atomic mass is 9.87. The van der Waals surface area contributed by atoms with E-state index in [1.807, 2.05) is 6.07 Å². The van der Waals surface area contributed by atoms with Gasteiger partial charge in [0, 0.05) is 24.2 Å². The third-order valence-electron chi connectivity index (χ3n) is 4.63. The number of hydrogen-bond acceptors (Lipinski definition) is 3. The number of hydrogen-bond donors (Lipinski definition) is 2. The number of amides is 2. The lowest BCUT2D eigenvalue weighted by molar-refractivity contribution is -0.117. The van der Waals surface area contributed by atoms with Gasteiger partial charge in [0.15, 0.2) is 0 Å². The van der Waals surface area contributed by atoms with Gasteiger partial charge in [-0.05, 0) is 53.8 Å². The Labute approximate surface area is 153 Å². The molecule has 3 rings (SSSR count). The van der Waals surface area contributed by atoms with Crippen molar-refractivity contribution in [3.05, 3.63) is 53.6 Å². The van der Waals surface area contributed by atoms with Crippen LogP contribution in [0.5, 0.6) is 5.75 Å². The number of carbonyl (C=O) groups excluding carboxylic acids is 2. The maximum atomic E-state index is 12.5. The number of phenolic OH excluding ortho intramolecular Hbond substituents is 1. The van der Waals surface area contributed by atoms with Crippen molar-refractivity contribution in [1.82, 2.24) is 0 Å². The third kappa shape index (κ3) is 3.72. The second-order valence-corrected chi connectivity index (χ2v) is 7.63. The maximum Gasteiger partial charge on any atom is 0.255 e. The molecule has 136 valence electrons. The molecule has 0 bridgehead atoms. The van der Waals surface area contributed by atoms with Crippen LogP contribution in [0.25, 0.3) is 0 Å². The molecular weight excluding hydrogens is 328 g/mol. The molecule has 26 heavy (non-hydrogen) atoms. The summed E-state index contributed by atoms with van der Waals surface area (Å²) in [6.45, 7) is 6.94. The average molecular weight is 352 g/mol. The van der Waals surface area contributed by atoms with Crippen LogP contribution in [-0.2, 0) is 10.2 Å². The van der Waals surface area contributed by atoms with E-state index in [2.05, 4.69) is 26.1 Å². The summed E-state index contributed by atoms with van der Waals surface area (Å²) in [6.07, 6.45) is 1.44. The van der Waals surface area contributed by atoms with Crippen LogP contribution >= 0.6 is 0 Å². The van der Waals surface area contributed by atoms with Crippen molar-refractivity contribution in [3.63, 3.8) is 0 Å². The molecule has 1 saturated heterocycles. The van der Waals surface area contributed by atoms with Crippen molar-refractivity contribution in [1.29, 1.82) is 0 Å². The van der Waals surface area contributed by atoms with Gasteiger partial charge in [-0.3, -0.25) is 9.59 Å². The lowest BCUT2D eigenvalue weighted by Crippen LogP contribution is -2.23. The molecule has 2 amide bonds. The minimum absolute atomic E-state index is 0.0330. The Balaban J connectivity index is 1.77. The quantitative estimate of drug-likeness (QED) is 0.818. The van der Waals surface area contributed by atoms with Crippen LogP contribution < -0.4 is 10.2 Å². The van der Waals surface area contributed by atoms with Crippen molar-refractivity contribution in [2.75, 3.05) is 16.8 Å². The van der Waals surface area contributed by atoms with Crippen LogP contribution in [0.15, 0.2) is 42.5 Å². The first kappa shape index (κ1) is 18.0. The molecule has 0 saturated carbocycles. The van der Waals surface area contributed by atoms with Crippen molar-refractivity contribution < 1.29 is 14.7 Å². The predicted octanol–water partition coefficient (Wildman–Crippen LogP) is 4.07. The Morgan fingerprint density at radius 3 is 2.38 bits per heavy atom. The highest BCUT2D eigenvalue weighted by Crippen LogP contribution is 2.31. The molecule has 0 atom stereocenters. The molecule has 2 aromatic carbocycles. The Hall–Kier alpha value is -2.82. The molecule has 1 aliphatic rings. The van der Waals surface area contributed by atoms with E-state index in [0.717, 1.165) is 24.2 Å². The summed E-state index contributed by atoms with van der Waals surface area (Å²) in [5.74, 6) is -0.151. The molecule has 0 unspecified atom stereocenters. The summed E-state index contributed by atoms with van der Waals surface area (Å²) < 4.78 is 0. The smallest absolute Gasteiger partial charge is 0.255 e. The van der Waals surface area contributed by atoms with Gasteiger partial charge in [-0.15, -0.1) is 0 Å². The predicted molar refractivity (Wildman–Crippen MR) is 103 cm³/mol. The van der Waals surface area contributed by atoms with E-state index in [0.29, 0.717) is 17.7 Å². The van der Waals surface area contributed by atoms with Crippen LogP contribution in [-0.4, -0.2) is 23.5 Å². The number of anilines is 2. The zero-order valence-corrected chi connectivity index (χ0v) is 15.4. The van der Waals surface area contributed by atoms with Gasteiger partial charge in [-0.1, -0.05) is 26.8 Å². The standard InChI is InChI=1S/C21H24N2O3/c1-21(2,3)15-8-11-18(24)17(13-15)22-20(26)14-6-9-16(10-7-14)23-12-4-5-19(23)25/h6-11,13,24H,4-5,12H2,1-3H3,(H,22,26). The van der Waals surface area contributed by atoms with E-state index >= 15 is 0 Å². The first-order valence-electron chi connectivity index (χ1n) is 8.81. The van der Waals surface area contributed by atoms with E-state index in [1.165, 1.54) is 0 Å².